The number of anilines is 5. The molecule has 3 saturated heterocycles. The minimum Gasteiger partial charge on any atom is -0.481 e. The van der Waals surface area contributed by atoms with Gasteiger partial charge in [-0.3, -0.25) is 59.9 Å². The average molecular weight is 2260 g/mol. The monoisotopic (exact) mass is 2260 g/mol. The second-order valence-corrected chi connectivity index (χ2v) is 50.7. The summed E-state index contributed by atoms with van der Waals surface area (Å²) < 4.78 is 353. The molecule has 2 amide bonds. The number of aryl methyl sites for hydroxylation is 2. The Morgan fingerprint density at radius 3 is 0.986 bits per heavy atom. The van der Waals surface area contributed by atoms with E-state index in [0.29, 0.717) is 0 Å². The van der Waals surface area contributed by atoms with E-state index in [1.807, 2.05) is 9.80 Å². The van der Waals surface area contributed by atoms with Gasteiger partial charge in [-0.05, 0) is 190 Å². The number of hydrogen-bond donors (Lipinski definition) is 13. The van der Waals surface area contributed by atoms with Gasteiger partial charge >= 0.3 is 17.9 Å². The molecule has 3 aliphatic heterocycles. The summed E-state index contributed by atoms with van der Waals surface area (Å²) in [6.45, 7) is 7.68. The molecular formula is C87H122N12O38S10+2. The first-order chi connectivity index (χ1) is 68.1. The Kier molecular flexibility index (Phi) is 43.4. The lowest BCUT2D eigenvalue weighted by molar-refractivity contribution is -0.441. The summed E-state index contributed by atoms with van der Waals surface area (Å²) >= 11 is 0. The number of benzene rings is 4. The molecule has 0 spiro atoms. The number of hydrogen-bond acceptors (Lipinski definition) is 35. The first-order valence-corrected chi connectivity index (χ1v) is 61.6. The van der Waals surface area contributed by atoms with Gasteiger partial charge in [0.25, 0.3) is 113 Å². The number of carbonyl (C=O) groups excluding carboxylic acids is 4. The average Bonchev–Trinajstić information content (AvgIpc) is 0.783. The van der Waals surface area contributed by atoms with E-state index in [9.17, 15) is 149 Å². The normalized spacial score (nSPS) is 15.7. The van der Waals surface area contributed by atoms with Crippen molar-refractivity contribution in [2.24, 2.45) is 5.92 Å². The van der Waals surface area contributed by atoms with Crippen LogP contribution in [0.2, 0.25) is 0 Å². The standard InChI is InChI=1S/C87H120N12O38S10/c1-59-53-72(146(130,131)132)23-25-76(59)98(35-13-49-142(118,119)120)70(21-9-45-138(106,107)108)19-7-17-61(3)96(33-11-47-140(112,113)114)78-57-66(55-74(63(78)5)83(104)136-43-15-51-144(124,125)126)80(100)88-68-29-39-94(40-30-68)86-90-85(93-37-27-65(28-38-93)82(102)103)91-87(92-86)95-41-31-69(32-42-95)89-81(101)67-56-75(84(105)137-44-16-52-145(127,128)129)64(6)79(58-67)97(34-12-48-141(115,116)117)62(4)18-8-20-71(22-10-46-139(109,110)111)99(36-14-50-143(121,122)123)77-26-24-73(54-60(77)2)147(133,134)135/h7-8,17-20,23-26,53-58,65,68-69H,9-16,21-22,27-52H2,1-6H3,(H11-2,88,89,100,101,102,103,106,107,108,109,110,111,112,113,114,115,116,117,118,119,120,121,122,123,124,125,126,127,128,129,130,131,132,133,134,135)/p+2. The molecule has 816 valence electrons. The third kappa shape index (κ3) is 40.8. The van der Waals surface area contributed by atoms with Gasteiger partial charge in [-0.25, -0.2) is 9.59 Å². The zero-order valence-corrected chi connectivity index (χ0v) is 89.1. The number of esters is 2. The van der Waals surface area contributed by atoms with E-state index in [1.165, 1.54) is 133 Å². The third-order valence-electron chi connectivity index (χ3n) is 23.9. The lowest BCUT2D eigenvalue weighted by Gasteiger charge is -2.36. The molecule has 0 unspecified atom stereocenters. The maximum Gasteiger partial charge on any atom is 0.338 e. The Morgan fingerprint density at radius 2 is 0.694 bits per heavy atom. The highest BCUT2D eigenvalue weighted by Gasteiger charge is 2.35. The molecule has 0 bridgehead atoms. The fraction of sp³-hybridized carbons (Fsp3) is 0.517. The van der Waals surface area contributed by atoms with Gasteiger partial charge in [0.05, 0.1) is 86.1 Å². The Bertz CT molecular complexity index is 6740. The minimum absolute atomic E-state index is 0.0560. The molecule has 4 aromatic carbocycles. The molecule has 13 N–H and O–H groups in total. The molecule has 3 aliphatic rings. The SMILES string of the molecule is C\C(=C/C=C/C(CCCS(=O)(=O)O)=[N+](\CCCS(=O)(=O)O)c1ccc(S(=O)(=O)O)cc1C)N(CCCS(=O)(=O)O)c1cc(C(=O)NC2CCN(c3nc(N4CCC(NC(=O)c5cc(C(=O)OCCCS(=O)(=O)O)c(C)c(N(CCCS(=O)(=O)O)/C(C)=C/C=C/C(CCCS(=O)(=O)O)=[N+](\CCCS(=O)(=O)O)c6ccc(S(=O)(=O)O)cc6C)c5)CC4)nc(N4CCC(C(=O)O)CC4)n3)CC2)cc(C(=O)OCCCS(=O)(=O)O)c1C. The molecule has 147 heavy (non-hydrogen) atoms. The summed E-state index contributed by atoms with van der Waals surface area (Å²) in [6, 6.07) is 10.7. The zero-order chi connectivity index (χ0) is 110. The molecule has 0 saturated carbocycles. The van der Waals surface area contributed by atoms with Gasteiger partial charge in [0.1, 0.15) is 13.1 Å². The topological polar surface area (TPSA) is 753 Å². The van der Waals surface area contributed by atoms with E-state index in [1.54, 1.807) is 4.90 Å². The summed E-state index contributed by atoms with van der Waals surface area (Å²) in [5, 5.41) is 16.0. The Hall–Kier alpha value is -10.4. The molecule has 4 heterocycles. The van der Waals surface area contributed by atoms with Crippen LogP contribution in [0.3, 0.4) is 0 Å². The number of carbonyl (C=O) groups is 5. The summed E-state index contributed by atoms with van der Waals surface area (Å²) in [5.41, 5.74) is 1.01. The molecule has 0 atom stereocenters. The number of rotatable bonds is 54. The minimum atomic E-state index is -4.77. The van der Waals surface area contributed by atoms with Crippen molar-refractivity contribution in [1.82, 2.24) is 25.6 Å². The predicted molar refractivity (Wildman–Crippen MR) is 540 cm³/mol. The van der Waals surface area contributed by atoms with Crippen LogP contribution in [0.15, 0.2) is 118 Å². The van der Waals surface area contributed by atoms with Crippen molar-refractivity contribution in [3.8, 4) is 0 Å². The maximum absolute atomic E-state index is 15.0. The Morgan fingerprint density at radius 1 is 0.401 bits per heavy atom. The van der Waals surface area contributed by atoms with Crippen LogP contribution in [0.5, 0.6) is 0 Å². The molecular weight excluding hydrogens is 2140 g/mol. The van der Waals surface area contributed by atoms with Crippen LogP contribution >= 0.6 is 0 Å². The number of ether oxygens (including phenoxy) is 2. The van der Waals surface area contributed by atoms with Crippen molar-refractivity contribution in [2.75, 3.05) is 149 Å². The van der Waals surface area contributed by atoms with E-state index in [2.05, 4.69) is 10.6 Å². The number of nitrogens with zero attached hydrogens (tertiary/aromatic N) is 10. The van der Waals surface area contributed by atoms with Crippen molar-refractivity contribution in [3.63, 3.8) is 0 Å². The van der Waals surface area contributed by atoms with Crippen molar-refractivity contribution < 1.29 is 177 Å². The number of aromatic nitrogens is 3. The molecule has 50 nitrogen and oxygen atoms in total. The predicted octanol–water partition coefficient (Wildman–Crippen LogP) is 6.12. The van der Waals surface area contributed by atoms with Crippen molar-refractivity contribution >= 4 is 183 Å². The van der Waals surface area contributed by atoms with Crippen LogP contribution in [0.4, 0.5) is 40.6 Å². The number of aliphatic carboxylic acids is 1. The second-order valence-electron chi connectivity index (χ2n) is 35.3. The Labute approximate surface area is 854 Å². The number of piperidine rings is 3. The highest BCUT2D eigenvalue weighted by molar-refractivity contribution is 7.88. The van der Waals surface area contributed by atoms with Crippen molar-refractivity contribution in [2.45, 2.75) is 166 Å². The molecule has 8 rings (SSSR count). The second kappa shape index (κ2) is 52.4. The molecule has 60 heteroatoms. The quantitative estimate of drug-likeness (QED) is 0.00521. The number of allylic oxidation sites excluding steroid dienone is 8. The smallest absolute Gasteiger partial charge is 0.338 e. The molecule has 0 radical (unpaired) electrons. The van der Waals surface area contributed by atoms with Gasteiger partial charge in [0.2, 0.25) is 29.2 Å². The van der Waals surface area contributed by atoms with Crippen molar-refractivity contribution in [3.05, 3.63) is 153 Å². The number of nitrogens with one attached hydrogen (secondary N) is 2. The van der Waals surface area contributed by atoms with E-state index >= 15 is 9.59 Å². The van der Waals surface area contributed by atoms with Crippen molar-refractivity contribution in [1.29, 1.82) is 0 Å². The van der Waals surface area contributed by atoms with Gasteiger partial charge in [0, 0.05) is 159 Å². The summed E-state index contributed by atoms with van der Waals surface area (Å²) in [4.78, 5) is 92.9. The van der Waals surface area contributed by atoms with Crippen LogP contribution in [0.25, 0.3) is 0 Å². The van der Waals surface area contributed by atoms with Crippen LogP contribution in [0, 0.1) is 33.6 Å². The Balaban J connectivity index is 1.12. The fourth-order valence-corrected chi connectivity index (χ4v) is 21.7. The highest BCUT2D eigenvalue weighted by Crippen LogP contribution is 2.36. The lowest BCUT2D eigenvalue weighted by Crippen LogP contribution is -2.46. The van der Waals surface area contributed by atoms with Crippen LogP contribution in [-0.4, -0.2) is 337 Å². The zero-order valence-electron chi connectivity index (χ0n) is 80.9. The first-order valence-electron chi connectivity index (χ1n) is 45.9. The van der Waals surface area contributed by atoms with E-state index < -0.39 is 218 Å². The molecule has 3 fully saturated rings. The van der Waals surface area contributed by atoms with Crippen LogP contribution in [-0.2, 0) is 115 Å². The maximum atomic E-state index is 15.0. The first kappa shape index (κ1) is 122. The summed E-state index contributed by atoms with van der Waals surface area (Å²) in [6.07, 6.45) is 6.90. The lowest BCUT2D eigenvalue weighted by atomic mass is 9.97. The molecule has 0 aliphatic carbocycles. The van der Waals surface area contributed by atoms with Gasteiger partial charge in [-0.2, -0.15) is 108 Å². The number of amides is 2. The highest BCUT2D eigenvalue weighted by atomic mass is 32.3. The van der Waals surface area contributed by atoms with E-state index in [-0.39, 0.29) is 276 Å². The van der Waals surface area contributed by atoms with Gasteiger partial charge in [-0.15, -0.1) is 0 Å². The third-order valence-corrected chi connectivity index (χ3v) is 32.1. The van der Waals surface area contributed by atoms with E-state index in [0.717, 1.165) is 24.3 Å². The van der Waals surface area contributed by atoms with Gasteiger partial charge < -0.3 is 49.7 Å². The fourth-order valence-electron chi connectivity index (χ4n) is 16.6. The molecule has 1 aromatic heterocycles. The largest absolute Gasteiger partial charge is 0.481 e. The van der Waals surface area contributed by atoms with Gasteiger partial charge in [0.15, 0.2) is 11.4 Å². The number of carboxylic acids is 1. The summed E-state index contributed by atoms with van der Waals surface area (Å²) in [7, 11) is -46.3. The van der Waals surface area contributed by atoms with Crippen LogP contribution < -0.4 is 35.1 Å². The van der Waals surface area contributed by atoms with Gasteiger partial charge in [-0.1, -0.05) is 12.2 Å². The van der Waals surface area contributed by atoms with E-state index in [4.69, 9.17) is 24.4 Å². The van der Waals surface area contributed by atoms with Crippen LogP contribution in [0.1, 0.15) is 180 Å². The molecule has 5 aromatic rings. The summed E-state index contributed by atoms with van der Waals surface area (Å²) in [5.74, 6) is -11.3. The number of carboxylic acid groups (broad SMARTS) is 1.